The summed E-state index contributed by atoms with van der Waals surface area (Å²) >= 11 is 0. The standard InChI is InChI=1S/C24H24N2O2/c1-17-15-22(25-19-11-8-12-20(16-19)28-2)21-13-6-7-14-23(21)26(17)24(27)18-9-4-3-5-10-18/h3-14,16-17,22,25H,15H2,1-2H3. The van der Waals surface area contributed by atoms with Crippen LogP contribution in [0.4, 0.5) is 11.4 Å². The lowest BCUT2D eigenvalue weighted by Gasteiger charge is -2.40. The van der Waals surface area contributed by atoms with Crippen molar-refractivity contribution in [2.75, 3.05) is 17.3 Å². The zero-order valence-electron chi connectivity index (χ0n) is 16.1. The summed E-state index contributed by atoms with van der Waals surface area (Å²) in [7, 11) is 1.67. The SMILES string of the molecule is COc1cccc(NC2CC(C)N(C(=O)c3ccccc3)c3ccccc32)c1. The quantitative estimate of drug-likeness (QED) is 0.677. The number of carbonyl (C=O) groups is 1. The maximum atomic E-state index is 13.2. The molecule has 1 N–H and O–H groups in total. The number of amides is 1. The van der Waals surface area contributed by atoms with Crippen LogP contribution in [0.5, 0.6) is 5.75 Å². The molecule has 2 unspecified atom stereocenters. The van der Waals surface area contributed by atoms with Gasteiger partial charge < -0.3 is 15.0 Å². The zero-order chi connectivity index (χ0) is 19.5. The first kappa shape index (κ1) is 18.1. The number of carbonyl (C=O) groups excluding carboxylic acids is 1. The fraction of sp³-hybridized carbons (Fsp3) is 0.208. The number of benzene rings is 3. The molecule has 0 aliphatic carbocycles. The molecule has 0 saturated heterocycles. The molecule has 4 nitrogen and oxygen atoms in total. The topological polar surface area (TPSA) is 41.6 Å². The normalized spacial score (nSPS) is 18.3. The van der Waals surface area contributed by atoms with Crippen molar-refractivity contribution >= 4 is 17.3 Å². The van der Waals surface area contributed by atoms with Crippen LogP contribution in [0.3, 0.4) is 0 Å². The van der Waals surface area contributed by atoms with E-state index in [2.05, 4.69) is 18.3 Å². The van der Waals surface area contributed by atoms with Crippen LogP contribution in [0, 0.1) is 0 Å². The highest BCUT2D eigenvalue weighted by Crippen LogP contribution is 2.39. The number of nitrogens with one attached hydrogen (secondary N) is 1. The summed E-state index contributed by atoms with van der Waals surface area (Å²) in [4.78, 5) is 15.1. The van der Waals surface area contributed by atoms with Crippen molar-refractivity contribution in [1.29, 1.82) is 0 Å². The van der Waals surface area contributed by atoms with Crippen LogP contribution in [0.25, 0.3) is 0 Å². The van der Waals surface area contributed by atoms with Gasteiger partial charge in [0.2, 0.25) is 0 Å². The summed E-state index contributed by atoms with van der Waals surface area (Å²) in [5, 5.41) is 3.62. The second-order valence-corrected chi connectivity index (χ2v) is 7.11. The van der Waals surface area contributed by atoms with Gasteiger partial charge in [0.15, 0.2) is 0 Å². The first-order valence-corrected chi connectivity index (χ1v) is 9.55. The highest BCUT2D eigenvalue weighted by atomic mass is 16.5. The number of hydrogen-bond donors (Lipinski definition) is 1. The lowest BCUT2D eigenvalue weighted by Crippen LogP contribution is -2.44. The molecule has 0 spiro atoms. The summed E-state index contributed by atoms with van der Waals surface area (Å²) in [6.45, 7) is 2.11. The minimum absolute atomic E-state index is 0.0420. The lowest BCUT2D eigenvalue weighted by molar-refractivity contribution is 0.0974. The molecule has 1 aliphatic heterocycles. The summed E-state index contributed by atoms with van der Waals surface area (Å²) < 4.78 is 5.34. The van der Waals surface area contributed by atoms with E-state index in [0.29, 0.717) is 5.56 Å². The van der Waals surface area contributed by atoms with E-state index in [0.717, 1.165) is 29.1 Å². The van der Waals surface area contributed by atoms with E-state index >= 15 is 0 Å². The van der Waals surface area contributed by atoms with Crippen LogP contribution >= 0.6 is 0 Å². The molecule has 3 aromatic carbocycles. The van der Waals surface area contributed by atoms with Gasteiger partial charge in [-0.25, -0.2) is 0 Å². The zero-order valence-corrected chi connectivity index (χ0v) is 16.1. The minimum Gasteiger partial charge on any atom is -0.497 e. The van der Waals surface area contributed by atoms with E-state index < -0.39 is 0 Å². The van der Waals surface area contributed by atoms with Crippen molar-refractivity contribution in [3.63, 3.8) is 0 Å². The van der Waals surface area contributed by atoms with Crippen molar-refractivity contribution < 1.29 is 9.53 Å². The van der Waals surface area contributed by atoms with Gasteiger partial charge in [-0.3, -0.25) is 4.79 Å². The first-order valence-electron chi connectivity index (χ1n) is 9.55. The van der Waals surface area contributed by atoms with Crippen LogP contribution in [-0.2, 0) is 0 Å². The van der Waals surface area contributed by atoms with E-state index in [1.165, 1.54) is 0 Å². The third-order valence-electron chi connectivity index (χ3n) is 5.24. The molecule has 0 fully saturated rings. The molecular formula is C24H24N2O2. The number of nitrogens with zero attached hydrogens (tertiary/aromatic N) is 1. The largest absolute Gasteiger partial charge is 0.497 e. The maximum Gasteiger partial charge on any atom is 0.258 e. The summed E-state index contributed by atoms with van der Waals surface area (Å²) in [6.07, 6.45) is 0.826. The van der Waals surface area contributed by atoms with Gasteiger partial charge >= 0.3 is 0 Å². The smallest absolute Gasteiger partial charge is 0.258 e. The Hall–Kier alpha value is -3.27. The average molecular weight is 372 g/mol. The molecule has 2 atom stereocenters. The first-order chi connectivity index (χ1) is 13.7. The Morgan fingerprint density at radius 3 is 2.54 bits per heavy atom. The summed E-state index contributed by atoms with van der Waals surface area (Å²) in [6, 6.07) is 25.8. The third kappa shape index (κ3) is 3.46. The van der Waals surface area contributed by atoms with E-state index in [1.807, 2.05) is 77.7 Å². The second-order valence-electron chi connectivity index (χ2n) is 7.11. The van der Waals surface area contributed by atoms with E-state index in [9.17, 15) is 4.79 Å². The highest BCUT2D eigenvalue weighted by molar-refractivity contribution is 6.07. The molecule has 0 radical (unpaired) electrons. The van der Waals surface area contributed by atoms with Gasteiger partial charge in [-0.1, -0.05) is 42.5 Å². The molecule has 4 rings (SSSR count). The highest BCUT2D eigenvalue weighted by Gasteiger charge is 2.34. The van der Waals surface area contributed by atoms with E-state index in [1.54, 1.807) is 7.11 Å². The van der Waals surface area contributed by atoms with Gasteiger partial charge in [-0.2, -0.15) is 0 Å². The summed E-state index contributed by atoms with van der Waals surface area (Å²) in [5.74, 6) is 0.864. The molecule has 1 amide bonds. The van der Waals surface area contributed by atoms with Crippen molar-refractivity contribution in [3.8, 4) is 5.75 Å². The minimum atomic E-state index is 0.0420. The molecule has 4 heteroatoms. The number of rotatable bonds is 4. The van der Waals surface area contributed by atoms with Gasteiger partial charge in [0.25, 0.3) is 5.91 Å². The number of ether oxygens (including phenoxy) is 1. The average Bonchev–Trinajstić information content (AvgIpc) is 2.74. The fourth-order valence-electron chi connectivity index (χ4n) is 3.89. The Morgan fingerprint density at radius 1 is 1.00 bits per heavy atom. The second kappa shape index (κ2) is 7.77. The monoisotopic (exact) mass is 372 g/mol. The molecule has 1 heterocycles. The molecular weight excluding hydrogens is 348 g/mol. The van der Waals surface area contributed by atoms with Gasteiger partial charge in [-0.15, -0.1) is 0 Å². The van der Waals surface area contributed by atoms with Crippen LogP contribution in [0.2, 0.25) is 0 Å². The van der Waals surface area contributed by atoms with Crippen LogP contribution in [0.15, 0.2) is 78.9 Å². The molecule has 28 heavy (non-hydrogen) atoms. The predicted molar refractivity (Wildman–Crippen MR) is 113 cm³/mol. The number of fused-ring (bicyclic) bond motifs is 1. The molecule has 3 aromatic rings. The molecule has 142 valence electrons. The molecule has 0 bridgehead atoms. The van der Waals surface area contributed by atoms with Crippen molar-refractivity contribution in [3.05, 3.63) is 90.0 Å². The number of hydrogen-bond acceptors (Lipinski definition) is 3. The van der Waals surface area contributed by atoms with Gasteiger partial charge in [-0.05, 0) is 49.2 Å². The van der Waals surface area contributed by atoms with Gasteiger partial charge in [0.1, 0.15) is 5.75 Å². The maximum absolute atomic E-state index is 13.2. The van der Waals surface area contributed by atoms with Crippen molar-refractivity contribution in [2.24, 2.45) is 0 Å². The summed E-state index contributed by atoms with van der Waals surface area (Å²) in [5.41, 5.74) is 3.82. The fourth-order valence-corrected chi connectivity index (χ4v) is 3.89. The van der Waals surface area contributed by atoms with E-state index in [4.69, 9.17) is 4.74 Å². The van der Waals surface area contributed by atoms with Crippen molar-refractivity contribution in [1.82, 2.24) is 0 Å². The number of anilines is 2. The predicted octanol–water partition coefficient (Wildman–Crippen LogP) is 5.29. The van der Waals surface area contributed by atoms with Crippen LogP contribution in [0.1, 0.15) is 35.3 Å². The van der Waals surface area contributed by atoms with Crippen LogP contribution in [-0.4, -0.2) is 19.1 Å². The molecule has 0 saturated carbocycles. The lowest BCUT2D eigenvalue weighted by atomic mass is 9.90. The van der Waals surface area contributed by atoms with Gasteiger partial charge in [0.05, 0.1) is 13.2 Å². The Kier molecular flexibility index (Phi) is 5.02. The Labute approximate surface area is 165 Å². The van der Waals surface area contributed by atoms with Crippen molar-refractivity contribution in [2.45, 2.75) is 25.4 Å². The Morgan fingerprint density at radius 2 is 1.75 bits per heavy atom. The van der Waals surface area contributed by atoms with E-state index in [-0.39, 0.29) is 18.0 Å². The Bertz CT molecular complexity index is 971. The number of methoxy groups -OCH3 is 1. The Balaban J connectivity index is 1.67. The molecule has 0 aromatic heterocycles. The molecule has 1 aliphatic rings. The third-order valence-corrected chi connectivity index (χ3v) is 5.24. The van der Waals surface area contributed by atoms with Crippen LogP contribution < -0.4 is 15.0 Å². The van der Waals surface area contributed by atoms with Gasteiger partial charge in [0, 0.05) is 29.0 Å². The number of para-hydroxylation sites is 1.